The minimum atomic E-state index is -0.600. The van der Waals surface area contributed by atoms with Gasteiger partial charge in [-0.3, -0.25) is 0 Å². The number of aliphatic hydroxyl groups excluding tert-OH is 1. The van der Waals surface area contributed by atoms with E-state index in [0.29, 0.717) is 23.5 Å². The van der Waals surface area contributed by atoms with Crippen molar-refractivity contribution in [1.82, 2.24) is 0 Å². The molecule has 2 atom stereocenters. The highest BCUT2D eigenvalue weighted by Crippen LogP contribution is 2.43. The Hall–Kier alpha value is -2.27. The molecule has 0 bridgehead atoms. The van der Waals surface area contributed by atoms with Crippen LogP contribution in [0.15, 0.2) is 29.4 Å². The van der Waals surface area contributed by atoms with Gasteiger partial charge in [0, 0.05) is 17.5 Å². The van der Waals surface area contributed by atoms with E-state index in [1.807, 2.05) is 0 Å². The van der Waals surface area contributed by atoms with Crippen molar-refractivity contribution in [1.29, 1.82) is 0 Å². The summed E-state index contributed by atoms with van der Waals surface area (Å²) in [5, 5.41) is 10.6. The van der Waals surface area contributed by atoms with E-state index >= 15 is 0 Å². The Kier molecular flexibility index (Phi) is 6.45. The zero-order valence-corrected chi connectivity index (χ0v) is 17.2. The van der Waals surface area contributed by atoms with Crippen LogP contribution in [-0.2, 0) is 17.8 Å². The van der Waals surface area contributed by atoms with Crippen molar-refractivity contribution in [3.8, 4) is 11.5 Å². The average Bonchev–Trinajstić information content (AvgIpc) is 3.02. The van der Waals surface area contributed by atoms with Gasteiger partial charge in [0.05, 0.1) is 18.8 Å². The minimum Gasteiger partial charge on any atom is -0.496 e. The number of carbonyl (C=O) groups excluding carboxylic acids is 1. The lowest BCUT2D eigenvalue weighted by molar-refractivity contribution is 0.0156. The molecule has 1 aromatic rings. The van der Waals surface area contributed by atoms with E-state index in [2.05, 4.69) is 32.9 Å². The fourth-order valence-corrected chi connectivity index (χ4v) is 3.79. The summed E-state index contributed by atoms with van der Waals surface area (Å²) in [7, 11) is 1.56. The second kappa shape index (κ2) is 8.82. The molecule has 2 aliphatic rings. The van der Waals surface area contributed by atoms with Gasteiger partial charge in [0.25, 0.3) is 0 Å². The average molecular weight is 386 g/mol. The maximum Gasteiger partial charge on any atom is 0.339 e. The number of rotatable bonds is 7. The molecule has 5 nitrogen and oxygen atoms in total. The number of methoxy groups -OCH3 is 1. The number of hydrogen-bond acceptors (Lipinski definition) is 5. The zero-order chi connectivity index (χ0) is 20.3. The molecular weight excluding hydrogens is 356 g/mol. The van der Waals surface area contributed by atoms with Crippen molar-refractivity contribution >= 4 is 5.97 Å². The van der Waals surface area contributed by atoms with Crippen LogP contribution >= 0.6 is 0 Å². The number of hydrogen-bond donors (Lipinski definition) is 1. The first kappa shape index (κ1) is 20.5. The minimum absolute atomic E-state index is 0.215. The number of ether oxygens (including phenoxy) is 3. The lowest BCUT2D eigenvalue weighted by Crippen LogP contribution is -2.38. The van der Waals surface area contributed by atoms with Crippen LogP contribution in [0.5, 0.6) is 11.5 Å². The molecule has 0 aliphatic carbocycles. The first-order chi connectivity index (χ1) is 13.4. The van der Waals surface area contributed by atoms with Crippen molar-refractivity contribution < 1.29 is 24.1 Å². The van der Waals surface area contributed by atoms with Crippen molar-refractivity contribution in [2.24, 2.45) is 0 Å². The van der Waals surface area contributed by atoms with Gasteiger partial charge in [0.15, 0.2) is 0 Å². The number of esters is 1. The second-order valence-electron chi connectivity index (χ2n) is 7.86. The summed E-state index contributed by atoms with van der Waals surface area (Å²) < 4.78 is 16.8. The van der Waals surface area contributed by atoms with Crippen molar-refractivity contribution in [2.75, 3.05) is 7.11 Å². The van der Waals surface area contributed by atoms with Crippen molar-refractivity contribution in [2.45, 2.75) is 71.7 Å². The summed E-state index contributed by atoms with van der Waals surface area (Å²) in [6.45, 7) is 6.59. The van der Waals surface area contributed by atoms with E-state index < -0.39 is 6.10 Å². The third kappa shape index (κ3) is 4.41. The number of cyclic esters (lactones) is 1. The number of aliphatic hydroxyl groups is 1. The van der Waals surface area contributed by atoms with Gasteiger partial charge in [-0.15, -0.1) is 0 Å². The molecule has 2 heterocycles. The molecule has 28 heavy (non-hydrogen) atoms. The smallest absolute Gasteiger partial charge is 0.339 e. The van der Waals surface area contributed by atoms with Gasteiger partial charge in [-0.05, 0) is 52.5 Å². The largest absolute Gasteiger partial charge is 0.496 e. The molecule has 0 radical (unpaired) electrons. The van der Waals surface area contributed by atoms with E-state index in [1.165, 1.54) is 11.1 Å². The summed E-state index contributed by atoms with van der Waals surface area (Å²) >= 11 is 0. The topological polar surface area (TPSA) is 65.0 Å². The first-order valence-electron chi connectivity index (χ1n) is 9.94. The number of benzene rings is 1. The van der Waals surface area contributed by atoms with E-state index in [1.54, 1.807) is 13.2 Å². The van der Waals surface area contributed by atoms with Crippen LogP contribution in [0.25, 0.3) is 0 Å². The number of carbonyl (C=O) groups is 1. The molecule has 0 amide bonds. The Bertz CT molecular complexity index is 802. The van der Waals surface area contributed by atoms with Gasteiger partial charge in [0.2, 0.25) is 0 Å². The quantitative estimate of drug-likeness (QED) is 0.552. The third-order valence-electron chi connectivity index (χ3n) is 5.38. The molecule has 5 heteroatoms. The standard InChI is InChI=1S/C23H30O5/c1-14(2)7-5-8-15(3)9-6-10-20-19(24)11-17-21(26-4)12-16-18(22(17)28-20)13-27-23(16)25/h7,9,12,19-20,24H,5-6,8,10-11,13H2,1-4H3/b15-9+/t19-,20+/m0/s1. The molecule has 0 unspecified atom stereocenters. The van der Waals surface area contributed by atoms with Gasteiger partial charge in [0.1, 0.15) is 24.2 Å². The molecule has 2 aliphatic heterocycles. The maximum atomic E-state index is 11.9. The monoisotopic (exact) mass is 386 g/mol. The van der Waals surface area contributed by atoms with E-state index in [9.17, 15) is 9.90 Å². The van der Waals surface area contributed by atoms with E-state index in [4.69, 9.17) is 14.2 Å². The summed E-state index contributed by atoms with van der Waals surface area (Å²) in [5.74, 6) is 0.872. The van der Waals surface area contributed by atoms with Crippen LogP contribution in [-0.4, -0.2) is 30.4 Å². The van der Waals surface area contributed by atoms with Crippen molar-refractivity contribution in [3.05, 3.63) is 46.1 Å². The second-order valence-corrected chi connectivity index (χ2v) is 7.86. The lowest BCUT2D eigenvalue weighted by Gasteiger charge is -2.32. The van der Waals surface area contributed by atoms with Gasteiger partial charge < -0.3 is 19.3 Å². The molecule has 0 spiro atoms. The zero-order valence-electron chi connectivity index (χ0n) is 17.2. The molecule has 0 aromatic heterocycles. The Labute approximate surface area is 167 Å². The lowest BCUT2D eigenvalue weighted by atomic mass is 9.92. The summed E-state index contributed by atoms with van der Waals surface area (Å²) in [6, 6.07) is 1.69. The van der Waals surface area contributed by atoms with Crippen LogP contribution < -0.4 is 9.47 Å². The summed E-state index contributed by atoms with van der Waals surface area (Å²) in [4.78, 5) is 11.9. The van der Waals surface area contributed by atoms with Gasteiger partial charge in [-0.25, -0.2) is 4.79 Å². The molecule has 0 saturated heterocycles. The van der Waals surface area contributed by atoms with Gasteiger partial charge in [-0.2, -0.15) is 0 Å². The molecule has 152 valence electrons. The van der Waals surface area contributed by atoms with Gasteiger partial charge >= 0.3 is 5.97 Å². The predicted octanol–water partition coefficient (Wildman–Crippen LogP) is 4.50. The summed E-state index contributed by atoms with van der Waals surface area (Å²) in [6.07, 6.45) is 7.70. The highest BCUT2D eigenvalue weighted by atomic mass is 16.5. The van der Waals surface area contributed by atoms with Crippen LogP contribution in [0.4, 0.5) is 0 Å². The van der Waals surface area contributed by atoms with E-state index in [-0.39, 0.29) is 18.7 Å². The maximum absolute atomic E-state index is 11.9. The molecule has 1 N–H and O–H groups in total. The Morgan fingerprint density at radius 2 is 2.04 bits per heavy atom. The van der Waals surface area contributed by atoms with Crippen LogP contribution in [0.3, 0.4) is 0 Å². The molecule has 3 rings (SSSR count). The Morgan fingerprint density at radius 3 is 2.75 bits per heavy atom. The Balaban J connectivity index is 1.69. The van der Waals surface area contributed by atoms with E-state index in [0.717, 1.165) is 36.8 Å². The fraction of sp³-hybridized carbons (Fsp3) is 0.522. The molecule has 0 fully saturated rings. The predicted molar refractivity (Wildman–Crippen MR) is 108 cm³/mol. The third-order valence-corrected chi connectivity index (χ3v) is 5.38. The molecular formula is C23H30O5. The normalized spacial score (nSPS) is 20.8. The number of allylic oxidation sites excluding steroid dienone is 4. The highest BCUT2D eigenvalue weighted by Gasteiger charge is 2.36. The molecule has 0 saturated carbocycles. The van der Waals surface area contributed by atoms with Crippen LogP contribution in [0.2, 0.25) is 0 Å². The van der Waals surface area contributed by atoms with Crippen molar-refractivity contribution in [3.63, 3.8) is 0 Å². The van der Waals surface area contributed by atoms with Gasteiger partial charge in [-0.1, -0.05) is 23.3 Å². The SMILES string of the molecule is COc1cc2c(c3c1C[C@H](O)[C@@H](CC/C=C(\C)CCC=C(C)C)O3)COC2=O. The highest BCUT2D eigenvalue weighted by molar-refractivity contribution is 5.95. The fourth-order valence-electron chi connectivity index (χ4n) is 3.79. The molecule has 1 aromatic carbocycles. The van der Waals surface area contributed by atoms with Crippen LogP contribution in [0, 0.1) is 0 Å². The first-order valence-corrected chi connectivity index (χ1v) is 9.94. The Morgan fingerprint density at radius 1 is 1.25 bits per heavy atom. The summed E-state index contributed by atoms with van der Waals surface area (Å²) in [5.41, 5.74) is 4.78. The number of fused-ring (bicyclic) bond motifs is 3. The van der Waals surface area contributed by atoms with Crippen LogP contribution in [0.1, 0.15) is 67.9 Å².